The number of benzene rings is 2. The lowest BCUT2D eigenvalue weighted by atomic mass is 10.2. The first-order valence-corrected chi connectivity index (χ1v) is 7.40. The van der Waals surface area contributed by atoms with Gasteiger partial charge in [0.2, 0.25) is 0 Å². The van der Waals surface area contributed by atoms with Gasteiger partial charge in [-0.05, 0) is 43.7 Å². The number of hydrogen-bond acceptors (Lipinski definition) is 5. The van der Waals surface area contributed by atoms with Crippen LogP contribution in [-0.2, 0) is 0 Å². The van der Waals surface area contributed by atoms with E-state index in [0.29, 0.717) is 17.3 Å². The standard InChI is InChI=1S/C18H19N5/c1-12-6-8-14(9-7-12)22-17-16(19)18(21-11-20-17)23-15-5-3-4-13(2)10-15/h3-11H,19H2,1-2H3,(H2,20,21,22,23). The van der Waals surface area contributed by atoms with Crippen LogP contribution in [-0.4, -0.2) is 9.97 Å². The highest BCUT2D eigenvalue weighted by molar-refractivity contribution is 5.80. The van der Waals surface area contributed by atoms with Crippen LogP contribution in [0.4, 0.5) is 28.7 Å². The minimum Gasteiger partial charge on any atom is -0.393 e. The Kier molecular flexibility index (Phi) is 4.10. The highest BCUT2D eigenvalue weighted by atomic mass is 15.1. The molecule has 3 rings (SSSR count). The summed E-state index contributed by atoms with van der Waals surface area (Å²) in [5, 5.41) is 6.45. The van der Waals surface area contributed by atoms with E-state index < -0.39 is 0 Å². The molecule has 0 amide bonds. The maximum atomic E-state index is 6.20. The number of rotatable bonds is 4. The van der Waals surface area contributed by atoms with Gasteiger partial charge in [-0.25, -0.2) is 9.97 Å². The van der Waals surface area contributed by atoms with E-state index in [0.717, 1.165) is 11.4 Å². The summed E-state index contributed by atoms with van der Waals surface area (Å²) in [6, 6.07) is 16.1. The predicted molar refractivity (Wildman–Crippen MR) is 95.4 cm³/mol. The van der Waals surface area contributed by atoms with Crippen molar-refractivity contribution in [2.45, 2.75) is 13.8 Å². The van der Waals surface area contributed by atoms with Gasteiger partial charge in [-0.15, -0.1) is 0 Å². The van der Waals surface area contributed by atoms with Gasteiger partial charge in [-0.2, -0.15) is 0 Å². The molecule has 0 saturated heterocycles. The van der Waals surface area contributed by atoms with Crippen molar-refractivity contribution in [2.24, 2.45) is 0 Å². The van der Waals surface area contributed by atoms with Crippen molar-refractivity contribution in [3.8, 4) is 0 Å². The molecule has 4 N–H and O–H groups in total. The second-order valence-electron chi connectivity index (χ2n) is 5.47. The van der Waals surface area contributed by atoms with E-state index >= 15 is 0 Å². The van der Waals surface area contributed by atoms with Crippen molar-refractivity contribution in [2.75, 3.05) is 16.4 Å². The Labute approximate surface area is 135 Å². The molecule has 3 aromatic rings. The van der Waals surface area contributed by atoms with Gasteiger partial charge in [0.1, 0.15) is 12.0 Å². The first-order valence-electron chi connectivity index (χ1n) is 7.40. The topological polar surface area (TPSA) is 75.9 Å². The summed E-state index contributed by atoms with van der Waals surface area (Å²) in [5.74, 6) is 1.17. The van der Waals surface area contributed by atoms with E-state index in [1.54, 1.807) is 0 Å². The lowest BCUT2D eigenvalue weighted by Crippen LogP contribution is -2.05. The van der Waals surface area contributed by atoms with Crippen LogP contribution in [0, 0.1) is 13.8 Å². The zero-order valence-corrected chi connectivity index (χ0v) is 13.2. The van der Waals surface area contributed by atoms with Crippen LogP contribution in [0.5, 0.6) is 0 Å². The Balaban J connectivity index is 1.84. The van der Waals surface area contributed by atoms with Crippen molar-refractivity contribution in [1.82, 2.24) is 9.97 Å². The lowest BCUT2D eigenvalue weighted by molar-refractivity contribution is 1.17. The van der Waals surface area contributed by atoms with Gasteiger partial charge in [0.15, 0.2) is 11.6 Å². The Morgan fingerprint density at radius 3 is 2.09 bits per heavy atom. The van der Waals surface area contributed by atoms with Gasteiger partial charge in [-0.1, -0.05) is 29.8 Å². The van der Waals surface area contributed by atoms with Crippen LogP contribution in [0.15, 0.2) is 54.9 Å². The SMILES string of the molecule is Cc1ccc(Nc2ncnc(Nc3cccc(C)c3)c2N)cc1. The molecule has 0 aliphatic rings. The Bertz CT molecular complexity index is 812. The fraction of sp³-hybridized carbons (Fsp3) is 0.111. The molecule has 5 nitrogen and oxygen atoms in total. The van der Waals surface area contributed by atoms with E-state index in [9.17, 15) is 0 Å². The second kappa shape index (κ2) is 6.36. The molecule has 0 spiro atoms. The molecule has 1 heterocycles. The normalized spacial score (nSPS) is 10.3. The number of aromatic nitrogens is 2. The zero-order chi connectivity index (χ0) is 16.2. The summed E-state index contributed by atoms with van der Waals surface area (Å²) in [7, 11) is 0. The van der Waals surface area contributed by atoms with E-state index in [-0.39, 0.29) is 0 Å². The maximum absolute atomic E-state index is 6.20. The van der Waals surface area contributed by atoms with Gasteiger partial charge in [0.05, 0.1) is 0 Å². The van der Waals surface area contributed by atoms with E-state index in [1.165, 1.54) is 17.5 Å². The molecule has 0 radical (unpaired) electrons. The Morgan fingerprint density at radius 1 is 0.783 bits per heavy atom. The first kappa shape index (κ1) is 14.8. The number of nitrogen functional groups attached to an aromatic ring is 1. The highest BCUT2D eigenvalue weighted by Gasteiger charge is 2.08. The van der Waals surface area contributed by atoms with Crippen LogP contribution in [0.3, 0.4) is 0 Å². The third-order valence-corrected chi connectivity index (χ3v) is 3.48. The number of anilines is 5. The van der Waals surface area contributed by atoms with Gasteiger partial charge < -0.3 is 16.4 Å². The van der Waals surface area contributed by atoms with E-state index in [4.69, 9.17) is 5.73 Å². The van der Waals surface area contributed by atoms with Gasteiger partial charge in [-0.3, -0.25) is 0 Å². The van der Waals surface area contributed by atoms with Gasteiger partial charge in [0, 0.05) is 11.4 Å². The van der Waals surface area contributed by atoms with Crippen molar-refractivity contribution in [3.05, 3.63) is 66.0 Å². The zero-order valence-electron chi connectivity index (χ0n) is 13.2. The minimum absolute atomic E-state index is 0.481. The van der Waals surface area contributed by atoms with Crippen molar-refractivity contribution >= 4 is 28.7 Å². The molecule has 0 atom stereocenters. The molecule has 0 aliphatic heterocycles. The Hall–Kier alpha value is -3.08. The summed E-state index contributed by atoms with van der Waals surface area (Å²) >= 11 is 0. The lowest BCUT2D eigenvalue weighted by Gasteiger charge is -2.13. The molecule has 0 aliphatic carbocycles. The van der Waals surface area contributed by atoms with Crippen LogP contribution >= 0.6 is 0 Å². The largest absolute Gasteiger partial charge is 0.393 e. The summed E-state index contributed by atoms with van der Waals surface area (Å²) < 4.78 is 0. The van der Waals surface area contributed by atoms with E-state index in [1.807, 2.05) is 62.4 Å². The smallest absolute Gasteiger partial charge is 0.159 e. The molecule has 0 bridgehead atoms. The molecule has 2 aromatic carbocycles. The maximum Gasteiger partial charge on any atom is 0.159 e. The fourth-order valence-corrected chi connectivity index (χ4v) is 2.23. The average Bonchev–Trinajstić information content (AvgIpc) is 2.53. The third kappa shape index (κ3) is 3.58. The number of nitrogens with one attached hydrogen (secondary N) is 2. The number of nitrogens with two attached hydrogens (primary N) is 1. The van der Waals surface area contributed by atoms with Crippen molar-refractivity contribution < 1.29 is 0 Å². The number of aryl methyl sites for hydroxylation is 2. The summed E-state index contributed by atoms with van der Waals surface area (Å²) in [6.07, 6.45) is 1.49. The summed E-state index contributed by atoms with van der Waals surface area (Å²) in [4.78, 5) is 8.46. The molecule has 116 valence electrons. The molecule has 0 fully saturated rings. The van der Waals surface area contributed by atoms with Gasteiger partial charge >= 0.3 is 0 Å². The molecule has 5 heteroatoms. The monoisotopic (exact) mass is 305 g/mol. The van der Waals surface area contributed by atoms with Crippen LogP contribution in [0.1, 0.15) is 11.1 Å². The molecule has 0 unspecified atom stereocenters. The average molecular weight is 305 g/mol. The van der Waals surface area contributed by atoms with Crippen LogP contribution < -0.4 is 16.4 Å². The number of hydrogen-bond donors (Lipinski definition) is 3. The molecular weight excluding hydrogens is 286 g/mol. The van der Waals surface area contributed by atoms with Crippen LogP contribution in [0.25, 0.3) is 0 Å². The fourth-order valence-electron chi connectivity index (χ4n) is 2.23. The van der Waals surface area contributed by atoms with Crippen molar-refractivity contribution in [3.63, 3.8) is 0 Å². The minimum atomic E-state index is 0.481. The molecule has 1 aromatic heterocycles. The Morgan fingerprint density at radius 2 is 1.43 bits per heavy atom. The predicted octanol–water partition coefficient (Wildman–Crippen LogP) is 4.16. The van der Waals surface area contributed by atoms with E-state index in [2.05, 4.69) is 20.6 Å². The van der Waals surface area contributed by atoms with Gasteiger partial charge in [0.25, 0.3) is 0 Å². The third-order valence-electron chi connectivity index (χ3n) is 3.48. The number of nitrogens with zero attached hydrogens (tertiary/aromatic N) is 2. The summed E-state index contributed by atoms with van der Waals surface area (Å²) in [5.41, 5.74) is 10.9. The molecule has 23 heavy (non-hydrogen) atoms. The first-order chi connectivity index (χ1) is 11.1. The summed E-state index contributed by atoms with van der Waals surface area (Å²) in [6.45, 7) is 4.09. The van der Waals surface area contributed by atoms with Crippen LogP contribution in [0.2, 0.25) is 0 Å². The highest BCUT2D eigenvalue weighted by Crippen LogP contribution is 2.28. The molecular formula is C18H19N5. The quantitative estimate of drug-likeness (QED) is 0.674. The second-order valence-corrected chi connectivity index (χ2v) is 5.47. The molecule has 0 saturated carbocycles. The van der Waals surface area contributed by atoms with Crippen molar-refractivity contribution in [1.29, 1.82) is 0 Å².